The number of halogens is 2. The highest BCUT2D eigenvalue weighted by Gasteiger charge is 2.16. The number of ether oxygens (including phenoxy) is 3. The Labute approximate surface area is 143 Å². The van der Waals surface area contributed by atoms with Crippen molar-refractivity contribution in [3.05, 3.63) is 51.8 Å². The number of rotatable bonds is 3. The van der Waals surface area contributed by atoms with Gasteiger partial charge in [-0.15, -0.1) is 0 Å². The summed E-state index contributed by atoms with van der Waals surface area (Å²) in [4.78, 5) is 15.8. The van der Waals surface area contributed by atoms with E-state index in [0.29, 0.717) is 40.5 Å². The van der Waals surface area contributed by atoms with Crippen LogP contribution < -0.4 is 9.47 Å². The molecule has 7 heteroatoms. The Bertz CT molecular complexity index is 719. The molecular formula is C16H13Cl2NO4. The average molecular weight is 354 g/mol. The van der Waals surface area contributed by atoms with Gasteiger partial charge in [0.1, 0.15) is 11.8 Å². The standard InChI is InChI=1S/C16H13Cl2NO4/c17-12-6-10(7-13-15(12)22-5-1-4-21-13)9-23-16(20)11-2-3-14(18)19-8-11/h2-3,6-8H,1,4-5,9H2. The SMILES string of the molecule is O=C(OCc1cc(Cl)c2c(c1)OCCCO2)c1ccc(Cl)nc1. The molecule has 1 aliphatic heterocycles. The predicted octanol–water partition coefficient (Wildman–Crippen LogP) is 3.91. The Morgan fingerprint density at radius 3 is 2.83 bits per heavy atom. The zero-order valence-electron chi connectivity index (χ0n) is 12.1. The van der Waals surface area contributed by atoms with Gasteiger partial charge >= 0.3 is 5.97 Å². The lowest BCUT2D eigenvalue weighted by molar-refractivity contribution is 0.0472. The maximum Gasteiger partial charge on any atom is 0.340 e. The second-order valence-electron chi connectivity index (χ2n) is 4.90. The van der Waals surface area contributed by atoms with Crippen molar-refractivity contribution in [3.8, 4) is 11.5 Å². The Morgan fingerprint density at radius 2 is 2.04 bits per heavy atom. The minimum atomic E-state index is -0.489. The molecule has 0 bridgehead atoms. The fraction of sp³-hybridized carbons (Fsp3) is 0.250. The number of esters is 1. The summed E-state index contributed by atoms with van der Waals surface area (Å²) in [7, 11) is 0. The van der Waals surface area contributed by atoms with Gasteiger partial charge in [-0.25, -0.2) is 9.78 Å². The molecule has 0 saturated carbocycles. The van der Waals surface area contributed by atoms with E-state index in [1.54, 1.807) is 18.2 Å². The second-order valence-corrected chi connectivity index (χ2v) is 5.70. The van der Waals surface area contributed by atoms with E-state index in [1.165, 1.54) is 12.3 Å². The molecule has 2 aromatic rings. The molecule has 23 heavy (non-hydrogen) atoms. The number of carbonyl (C=O) groups is 1. The molecule has 1 aromatic heterocycles. The number of fused-ring (bicyclic) bond motifs is 1. The molecule has 0 radical (unpaired) electrons. The van der Waals surface area contributed by atoms with E-state index >= 15 is 0 Å². The molecule has 1 aliphatic rings. The van der Waals surface area contributed by atoms with Gasteiger partial charge in [0.2, 0.25) is 0 Å². The summed E-state index contributed by atoms with van der Waals surface area (Å²) in [6.45, 7) is 1.19. The van der Waals surface area contributed by atoms with E-state index in [-0.39, 0.29) is 6.61 Å². The summed E-state index contributed by atoms with van der Waals surface area (Å²) in [6.07, 6.45) is 2.16. The third-order valence-corrected chi connectivity index (χ3v) is 3.70. The Hall–Kier alpha value is -1.98. The molecule has 5 nitrogen and oxygen atoms in total. The van der Waals surface area contributed by atoms with E-state index in [4.69, 9.17) is 37.4 Å². The summed E-state index contributed by atoms with van der Waals surface area (Å²) in [5.74, 6) is 0.604. The van der Waals surface area contributed by atoms with Crippen LogP contribution in [0, 0.1) is 0 Å². The molecular weight excluding hydrogens is 341 g/mol. The quantitative estimate of drug-likeness (QED) is 0.618. The number of hydrogen-bond donors (Lipinski definition) is 0. The van der Waals surface area contributed by atoms with Crippen LogP contribution in [0.5, 0.6) is 11.5 Å². The maximum absolute atomic E-state index is 12.0. The number of aromatic nitrogens is 1. The topological polar surface area (TPSA) is 57.7 Å². The highest BCUT2D eigenvalue weighted by Crippen LogP contribution is 2.38. The van der Waals surface area contributed by atoms with Gasteiger partial charge < -0.3 is 14.2 Å². The number of carbonyl (C=O) groups excluding carboxylic acids is 1. The predicted molar refractivity (Wildman–Crippen MR) is 85.4 cm³/mol. The van der Waals surface area contributed by atoms with Gasteiger partial charge in [-0.1, -0.05) is 23.2 Å². The van der Waals surface area contributed by atoms with Crippen molar-refractivity contribution < 1.29 is 19.0 Å². The molecule has 3 rings (SSSR count). The summed E-state index contributed by atoms with van der Waals surface area (Å²) in [6, 6.07) is 6.55. The fourth-order valence-corrected chi connectivity index (χ4v) is 2.50. The van der Waals surface area contributed by atoms with Gasteiger partial charge in [0.05, 0.1) is 23.8 Å². The lowest BCUT2D eigenvalue weighted by Crippen LogP contribution is -2.06. The van der Waals surface area contributed by atoms with E-state index in [0.717, 1.165) is 12.0 Å². The first-order chi connectivity index (χ1) is 11.1. The van der Waals surface area contributed by atoms with Crippen LogP contribution in [0.2, 0.25) is 10.2 Å². The van der Waals surface area contributed by atoms with Crippen LogP contribution in [-0.2, 0) is 11.3 Å². The molecule has 120 valence electrons. The van der Waals surface area contributed by atoms with Gasteiger partial charge in [-0.3, -0.25) is 0 Å². The molecule has 1 aromatic carbocycles. The van der Waals surface area contributed by atoms with Crippen LogP contribution in [0.25, 0.3) is 0 Å². The van der Waals surface area contributed by atoms with Gasteiger partial charge in [0.25, 0.3) is 0 Å². The number of benzene rings is 1. The maximum atomic E-state index is 12.0. The van der Waals surface area contributed by atoms with E-state index in [2.05, 4.69) is 4.98 Å². The van der Waals surface area contributed by atoms with Crippen molar-refractivity contribution in [1.29, 1.82) is 0 Å². The summed E-state index contributed by atoms with van der Waals surface area (Å²) in [5, 5.41) is 0.750. The van der Waals surface area contributed by atoms with Gasteiger partial charge in [0.15, 0.2) is 11.5 Å². The van der Waals surface area contributed by atoms with Crippen LogP contribution in [0.15, 0.2) is 30.5 Å². The number of hydrogen-bond acceptors (Lipinski definition) is 5. The lowest BCUT2D eigenvalue weighted by Gasteiger charge is -2.12. The van der Waals surface area contributed by atoms with E-state index in [1.807, 2.05) is 0 Å². The minimum Gasteiger partial charge on any atom is -0.489 e. The zero-order chi connectivity index (χ0) is 16.2. The fourth-order valence-electron chi connectivity index (χ4n) is 2.10. The molecule has 0 spiro atoms. The number of pyridine rings is 1. The molecule has 0 N–H and O–H groups in total. The van der Waals surface area contributed by atoms with Crippen LogP contribution in [-0.4, -0.2) is 24.2 Å². The first-order valence-electron chi connectivity index (χ1n) is 7.00. The van der Waals surface area contributed by atoms with Crippen molar-refractivity contribution in [2.45, 2.75) is 13.0 Å². The largest absolute Gasteiger partial charge is 0.489 e. The highest BCUT2D eigenvalue weighted by atomic mass is 35.5. The molecule has 0 fully saturated rings. The normalized spacial score (nSPS) is 13.3. The molecule has 0 saturated heterocycles. The van der Waals surface area contributed by atoms with Crippen molar-refractivity contribution in [2.24, 2.45) is 0 Å². The highest BCUT2D eigenvalue weighted by molar-refractivity contribution is 6.32. The average Bonchev–Trinajstić information content (AvgIpc) is 2.79. The van der Waals surface area contributed by atoms with Crippen LogP contribution >= 0.6 is 23.2 Å². The molecule has 0 atom stereocenters. The third kappa shape index (κ3) is 3.86. The van der Waals surface area contributed by atoms with Crippen LogP contribution in [0.3, 0.4) is 0 Å². The Kier molecular flexibility index (Phi) is 4.88. The van der Waals surface area contributed by atoms with Crippen molar-refractivity contribution in [2.75, 3.05) is 13.2 Å². The Morgan fingerprint density at radius 1 is 1.22 bits per heavy atom. The number of nitrogens with zero attached hydrogens (tertiary/aromatic N) is 1. The van der Waals surface area contributed by atoms with Gasteiger partial charge in [-0.2, -0.15) is 0 Å². The van der Waals surface area contributed by atoms with Crippen molar-refractivity contribution in [3.63, 3.8) is 0 Å². The molecule has 2 heterocycles. The third-order valence-electron chi connectivity index (χ3n) is 3.19. The van der Waals surface area contributed by atoms with Crippen LogP contribution in [0.4, 0.5) is 0 Å². The molecule has 0 unspecified atom stereocenters. The van der Waals surface area contributed by atoms with Gasteiger partial charge in [0, 0.05) is 12.6 Å². The van der Waals surface area contributed by atoms with Gasteiger partial charge in [-0.05, 0) is 29.8 Å². The minimum absolute atomic E-state index is 0.0673. The summed E-state index contributed by atoms with van der Waals surface area (Å²) in [5.41, 5.74) is 1.05. The first kappa shape index (κ1) is 15.9. The first-order valence-corrected chi connectivity index (χ1v) is 7.76. The molecule has 0 amide bonds. The lowest BCUT2D eigenvalue weighted by atomic mass is 10.2. The van der Waals surface area contributed by atoms with E-state index in [9.17, 15) is 4.79 Å². The molecule has 0 aliphatic carbocycles. The van der Waals surface area contributed by atoms with Crippen LogP contribution in [0.1, 0.15) is 22.3 Å². The van der Waals surface area contributed by atoms with E-state index < -0.39 is 5.97 Å². The summed E-state index contributed by atoms with van der Waals surface area (Å²) >= 11 is 11.9. The van der Waals surface area contributed by atoms with Crippen molar-refractivity contribution in [1.82, 2.24) is 4.98 Å². The summed E-state index contributed by atoms with van der Waals surface area (Å²) < 4.78 is 16.4. The Balaban J connectivity index is 1.71. The smallest absolute Gasteiger partial charge is 0.340 e. The second kappa shape index (κ2) is 7.06. The monoisotopic (exact) mass is 353 g/mol. The van der Waals surface area contributed by atoms with Crippen molar-refractivity contribution >= 4 is 29.2 Å². The zero-order valence-corrected chi connectivity index (χ0v) is 13.6.